The molecule has 0 spiro atoms. The van der Waals surface area contributed by atoms with Crippen molar-refractivity contribution in [2.75, 3.05) is 13.2 Å². The first kappa shape index (κ1) is 19.5. The first-order valence-electron chi connectivity index (χ1n) is 9.45. The average molecular weight is 415 g/mol. The Hall–Kier alpha value is -2.86. The highest BCUT2D eigenvalue weighted by molar-refractivity contribution is 6.30. The zero-order valence-electron chi connectivity index (χ0n) is 15.7. The van der Waals surface area contributed by atoms with Gasteiger partial charge in [0.05, 0.1) is 6.20 Å². The van der Waals surface area contributed by atoms with Crippen LogP contribution in [0.1, 0.15) is 36.1 Å². The van der Waals surface area contributed by atoms with Crippen molar-refractivity contribution >= 4 is 17.5 Å². The Morgan fingerprint density at radius 3 is 2.90 bits per heavy atom. The fourth-order valence-electron chi connectivity index (χ4n) is 3.49. The lowest BCUT2D eigenvalue weighted by Gasteiger charge is -2.22. The molecule has 2 heterocycles. The van der Waals surface area contributed by atoms with E-state index in [9.17, 15) is 9.18 Å². The van der Waals surface area contributed by atoms with Gasteiger partial charge in [0, 0.05) is 18.0 Å². The molecule has 1 fully saturated rings. The van der Waals surface area contributed by atoms with E-state index in [-0.39, 0.29) is 24.4 Å². The molecule has 1 saturated heterocycles. The van der Waals surface area contributed by atoms with Crippen molar-refractivity contribution in [3.05, 3.63) is 82.8 Å². The molecule has 0 radical (unpaired) electrons. The maximum absolute atomic E-state index is 13.0. The summed E-state index contributed by atoms with van der Waals surface area (Å²) in [6, 6.07) is 13.0. The van der Waals surface area contributed by atoms with E-state index in [1.807, 2.05) is 24.3 Å². The SMILES string of the molecule is O=C(COc1ccc(F)cc1)N1CCC[C@@H]1c1ncc(Cc2cccc(Cl)c2)o1. The number of hydrogen-bond donors (Lipinski definition) is 0. The highest BCUT2D eigenvalue weighted by Crippen LogP contribution is 2.32. The van der Waals surface area contributed by atoms with Gasteiger partial charge in [0.2, 0.25) is 5.89 Å². The van der Waals surface area contributed by atoms with Crippen LogP contribution in [0.5, 0.6) is 5.75 Å². The fraction of sp³-hybridized carbons (Fsp3) is 0.273. The van der Waals surface area contributed by atoms with Crippen LogP contribution in [0.3, 0.4) is 0 Å². The van der Waals surface area contributed by atoms with E-state index in [4.69, 9.17) is 20.8 Å². The van der Waals surface area contributed by atoms with Gasteiger partial charge in [0.25, 0.3) is 5.91 Å². The maximum atomic E-state index is 13.0. The Kier molecular flexibility index (Phi) is 5.81. The van der Waals surface area contributed by atoms with Gasteiger partial charge in [0.15, 0.2) is 6.61 Å². The van der Waals surface area contributed by atoms with E-state index < -0.39 is 0 Å². The number of oxazole rings is 1. The summed E-state index contributed by atoms with van der Waals surface area (Å²) >= 11 is 6.03. The minimum absolute atomic E-state index is 0.113. The van der Waals surface area contributed by atoms with Gasteiger partial charge in [-0.2, -0.15) is 0 Å². The Bertz CT molecular complexity index is 990. The van der Waals surface area contributed by atoms with Gasteiger partial charge in [-0.3, -0.25) is 4.79 Å². The molecule has 1 aromatic heterocycles. The summed E-state index contributed by atoms with van der Waals surface area (Å²) in [7, 11) is 0. The first-order chi connectivity index (χ1) is 14.1. The number of benzene rings is 2. The van der Waals surface area contributed by atoms with Crippen LogP contribution in [-0.4, -0.2) is 28.9 Å². The van der Waals surface area contributed by atoms with Gasteiger partial charge in [-0.1, -0.05) is 23.7 Å². The molecule has 3 aromatic rings. The molecule has 29 heavy (non-hydrogen) atoms. The first-order valence-corrected chi connectivity index (χ1v) is 9.83. The van der Waals surface area contributed by atoms with Crippen LogP contribution in [0.4, 0.5) is 4.39 Å². The lowest BCUT2D eigenvalue weighted by atomic mass is 10.1. The number of aromatic nitrogens is 1. The van der Waals surface area contributed by atoms with Crippen LogP contribution in [0, 0.1) is 5.82 Å². The van der Waals surface area contributed by atoms with Crippen molar-refractivity contribution in [2.45, 2.75) is 25.3 Å². The number of carbonyl (C=O) groups excluding carboxylic acids is 1. The maximum Gasteiger partial charge on any atom is 0.261 e. The molecule has 0 aliphatic carbocycles. The second-order valence-corrected chi connectivity index (χ2v) is 7.40. The third-order valence-corrected chi connectivity index (χ3v) is 5.11. The van der Waals surface area contributed by atoms with Gasteiger partial charge in [0.1, 0.15) is 23.4 Å². The summed E-state index contributed by atoms with van der Waals surface area (Å²) in [4.78, 5) is 18.8. The summed E-state index contributed by atoms with van der Waals surface area (Å²) in [6.45, 7) is 0.514. The van der Waals surface area contributed by atoms with E-state index in [2.05, 4.69) is 4.98 Å². The van der Waals surface area contributed by atoms with Crippen molar-refractivity contribution in [3.63, 3.8) is 0 Å². The van der Waals surface area contributed by atoms with Crippen LogP contribution in [0.15, 0.2) is 59.1 Å². The van der Waals surface area contributed by atoms with Gasteiger partial charge >= 0.3 is 0 Å². The molecule has 0 N–H and O–H groups in total. The smallest absolute Gasteiger partial charge is 0.261 e. The zero-order valence-corrected chi connectivity index (χ0v) is 16.4. The quantitative estimate of drug-likeness (QED) is 0.581. The van der Waals surface area contributed by atoms with Gasteiger partial charge in [-0.15, -0.1) is 0 Å². The number of rotatable bonds is 6. The van der Waals surface area contributed by atoms with E-state index in [1.54, 1.807) is 11.1 Å². The average Bonchev–Trinajstić information content (AvgIpc) is 3.36. The number of likely N-dealkylation sites (tertiary alicyclic amines) is 1. The Labute approximate surface area is 173 Å². The Morgan fingerprint density at radius 1 is 1.28 bits per heavy atom. The molecule has 7 heteroatoms. The molecular formula is C22H20ClFN2O3. The number of carbonyl (C=O) groups is 1. The highest BCUT2D eigenvalue weighted by Gasteiger charge is 2.33. The molecule has 4 rings (SSSR count). The Balaban J connectivity index is 1.39. The second kappa shape index (κ2) is 8.66. The van der Waals surface area contributed by atoms with Crippen LogP contribution >= 0.6 is 11.6 Å². The van der Waals surface area contributed by atoms with E-state index in [1.165, 1.54) is 24.3 Å². The summed E-state index contributed by atoms with van der Waals surface area (Å²) in [6.07, 6.45) is 3.95. The second-order valence-electron chi connectivity index (χ2n) is 6.96. The Morgan fingerprint density at radius 2 is 2.10 bits per heavy atom. The number of nitrogens with zero attached hydrogens (tertiary/aromatic N) is 2. The van der Waals surface area contributed by atoms with Crippen LogP contribution in [-0.2, 0) is 11.2 Å². The van der Waals surface area contributed by atoms with Crippen molar-refractivity contribution < 1.29 is 18.3 Å². The molecule has 1 aliphatic heterocycles. The molecule has 5 nitrogen and oxygen atoms in total. The van der Waals surface area contributed by atoms with Crippen LogP contribution in [0.2, 0.25) is 5.02 Å². The number of ether oxygens (including phenoxy) is 1. The third kappa shape index (κ3) is 4.77. The minimum atomic E-state index is -0.347. The van der Waals surface area contributed by atoms with Gasteiger partial charge in [-0.05, 0) is 54.8 Å². The van der Waals surface area contributed by atoms with Crippen LogP contribution in [0.25, 0.3) is 0 Å². The predicted octanol–water partition coefficient (Wildman–Crippen LogP) is 4.80. The van der Waals surface area contributed by atoms with Crippen molar-refractivity contribution in [2.24, 2.45) is 0 Å². The summed E-state index contributed by atoms with van der Waals surface area (Å²) in [5.41, 5.74) is 1.03. The molecule has 0 bridgehead atoms. The van der Waals surface area contributed by atoms with Crippen LogP contribution < -0.4 is 4.74 Å². The summed E-state index contributed by atoms with van der Waals surface area (Å²) in [5.74, 6) is 1.22. The standard InChI is InChI=1S/C22H20ClFN2O3/c23-16-4-1-3-15(11-16)12-19-13-25-22(29-19)20-5-2-10-26(20)21(27)14-28-18-8-6-17(24)7-9-18/h1,3-4,6-9,11,13,20H,2,5,10,12,14H2/t20-/m1/s1. The lowest BCUT2D eigenvalue weighted by Crippen LogP contribution is -2.34. The van der Waals surface area contributed by atoms with Gasteiger partial charge in [-0.25, -0.2) is 9.37 Å². The third-order valence-electron chi connectivity index (χ3n) is 4.87. The number of hydrogen-bond acceptors (Lipinski definition) is 4. The van der Waals surface area contributed by atoms with Crippen molar-refractivity contribution in [1.29, 1.82) is 0 Å². The lowest BCUT2D eigenvalue weighted by molar-refractivity contribution is -0.134. The van der Waals surface area contributed by atoms with E-state index in [0.29, 0.717) is 29.6 Å². The molecule has 1 aliphatic rings. The minimum Gasteiger partial charge on any atom is -0.484 e. The number of halogens is 2. The normalized spacial score (nSPS) is 16.2. The molecule has 0 saturated carbocycles. The molecular weight excluding hydrogens is 395 g/mol. The molecule has 150 valence electrons. The molecule has 1 amide bonds. The highest BCUT2D eigenvalue weighted by atomic mass is 35.5. The summed E-state index contributed by atoms with van der Waals surface area (Å²) < 4.78 is 24.4. The molecule has 0 unspecified atom stereocenters. The van der Waals surface area contributed by atoms with Gasteiger partial charge < -0.3 is 14.1 Å². The predicted molar refractivity (Wildman–Crippen MR) is 106 cm³/mol. The largest absolute Gasteiger partial charge is 0.484 e. The topological polar surface area (TPSA) is 55.6 Å². The van der Waals surface area contributed by atoms with E-state index >= 15 is 0 Å². The van der Waals surface area contributed by atoms with E-state index in [0.717, 1.165) is 24.2 Å². The zero-order chi connectivity index (χ0) is 20.2. The molecule has 2 aromatic carbocycles. The number of amides is 1. The fourth-order valence-corrected chi connectivity index (χ4v) is 3.70. The van der Waals surface area contributed by atoms with Crippen molar-refractivity contribution in [1.82, 2.24) is 9.88 Å². The van der Waals surface area contributed by atoms with Crippen molar-refractivity contribution in [3.8, 4) is 5.75 Å². The monoisotopic (exact) mass is 414 g/mol. The summed E-state index contributed by atoms with van der Waals surface area (Å²) in [5, 5.41) is 0.677. The molecule has 1 atom stereocenters.